The van der Waals surface area contributed by atoms with Gasteiger partial charge in [-0.25, -0.2) is 8.42 Å². The van der Waals surface area contributed by atoms with E-state index in [-0.39, 0.29) is 23.4 Å². The van der Waals surface area contributed by atoms with Crippen molar-refractivity contribution in [1.82, 2.24) is 10.2 Å². The molecule has 0 saturated carbocycles. The van der Waals surface area contributed by atoms with E-state index in [0.717, 1.165) is 26.3 Å². The molecular formula is C29H34BrN3O4S. The zero-order chi connectivity index (χ0) is 27.9. The van der Waals surface area contributed by atoms with Gasteiger partial charge < -0.3 is 10.2 Å². The SMILES string of the molecule is CC[C@H](C)NC(=O)[C@H](C)N(Cc1ccc(C)cc1)C(=O)CN(c1ccc(Br)cc1)S(=O)(=O)c1ccccc1. The molecule has 0 bridgehead atoms. The second kappa shape index (κ2) is 13.1. The second-order valence-electron chi connectivity index (χ2n) is 9.30. The van der Waals surface area contributed by atoms with E-state index < -0.39 is 28.5 Å². The van der Waals surface area contributed by atoms with Crippen LogP contribution in [-0.4, -0.2) is 43.8 Å². The quantitative estimate of drug-likeness (QED) is 0.324. The van der Waals surface area contributed by atoms with Crippen LogP contribution in [0.15, 0.2) is 88.2 Å². The number of halogens is 1. The van der Waals surface area contributed by atoms with Crippen molar-refractivity contribution >= 4 is 43.5 Å². The van der Waals surface area contributed by atoms with Crippen molar-refractivity contribution in [1.29, 1.82) is 0 Å². The van der Waals surface area contributed by atoms with Crippen LogP contribution in [0, 0.1) is 6.92 Å². The highest BCUT2D eigenvalue weighted by Crippen LogP contribution is 2.26. The number of carbonyl (C=O) groups excluding carboxylic acids is 2. The number of hydrogen-bond acceptors (Lipinski definition) is 4. The monoisotopic (exact) mass is 599 g/mol. The lowest BCUT2D eigenvalue weighted by Gasteiger charge is -2.32. The van der Waals surface area contributed by atoms with Gasteiger partial charge in [0.2, 0.25) is 11.8 Å². The smallest absolute Gasteiger partial charge is 0.264 e. The van der Waals surface area contributed by atoms with Gasteiger partial charge in [0.25, 0.3) is 10.0 Å². The van der Waals surface area contributed by atoms with Gasteiger partial charge in [0.15, 0.2) is 0 Å². The van der Waals surface area contributed by atoms with E-state index in [0.29, 0.717) is 5.69 Å². The van der Waals surface area contributed by atoms with Crippen LogP contribution < -0.4 is 9.62 Å². The summed E-state index contributed by atoms with van der Waals surface area (Å²) in [6.45, 7) is 7.20. The third kappa shape index (κ3) is 7.45. The minimum absolute atomic E-state index is 0.0565. The number of nitrogens with zero attached hydrogens (tertiary/aromatic N) is 2. The van der Waals surface area contributed by atoms with Crippen molar-refractivity contribution in [3.8, 4) is 0 Å². The molecule has 0 spiro atoms. The van der Waals surface area contributed by atoms with Gasteiger partial charge >= 0.3 is 0 Å². The minimum Gasteiger partial charge on any atom is -0.352 e. The first kappa shape index (κ1) is 29.4. The summed E-state index contributed by atoms with van der Waals surface area (Å²) in [6.07, 6.45) is 0.747. The maximum Gasteiger partial charge on any atom is 0.264 e. The van der Waals surface area contributed by atoms with Crippen LogP contribution in [0.1, 0.15) is 38.3 Å². The molecule has 0 saturated heterocycles. The molecule has 202 valence electrons. The lowest BCUT2D eigenvalue weighted by atomic mass is 10.1. The summed E-state index contributed by atoms with van der Waals surface area (Å²) < 4.78 is 29.3. The van der Waals surface area contributed by atoms with Gasteiger partial charge in [-0.15, -0.1) is 0 Å². The zero-order valence-corrected chi connectivity index (χ0v) is 24.5. The van der Waals surface area contributed by atoms with Crippen LogP contribution in [0.3, 0.4) is 0 Å². The lowest BCUT2D eigenvalue weighted by Crippen LogP contribution is -2.52. The maximum atomic E-state index is 13.9. The summed E-state index contributed by atoms with van der Waals surface area (Å²) in [7, 11) is -4.07. The molecule has 0 aliphatic heterocycles. The molecule has 0 fully saturated rings. The molecule has 0 aliphatic carbocycles. The minimum atomic E-state index is -4.07. The molecule has 3 rings (SSSR count). The van der Waals surface area contributed by atoms with E-state index in [1.807, 2.05) is 45.0 Å². The number of carbonyl (C=O) groups is 2. The molecule has 0 unspecified atom stereocenters. The lowest BCUT2D eigenvalue weighted by molar-refractivity contribution is -0.139. The molecule has 3 aromatic carbocycles. The Morgan fingerprint density at radius 1 is 0.921 bits per heavy atom. The van der Waals surface area contributed by atoms with Gasteiger partial charge in [-0.05, 0) is 69.2 Å². The van der Waals surface area contributed by atoms with E-state index in [1.165, 1.54) is 17.0 Å². The number of amides is 2. The van der Waals surface area contributed by atoms with Crippen LogP contribution in [0.5, 0.6) is 0 Å². The van der Waals surface area contributed by atoms with Gasteiger partial charge in [0, 0.05) is 17.1 Å². The summed E-state index contributed by atoms with van der Waals surface area (Å²) in [5, 5.41) is 2.94. The standard InChI is InChI=1S/C29H34BrN3O4S/c1-5-22(3)31-29(35)23(4)32(19-24-13-11-21(2)12-14-24)28(34)20-33(26-17-15-25(30)16-18-26)38(36,37)27-9-7-6-8-10-27/h6-18,22-23H,5,19-20H2,1-4H3,(H,31,35)/t22-,23-/m0/s1. The number of rotatable bonds is 11. The maximum absolute atomic E-state index is 13.9. The predicted molar refractivity (Wildman–Crippen MR) is 154 cm³/mol. The molecule has 2 atom stereocenters. The molecule has 0 aliphatic rings. The van der Waals surface area contributed by atoms with Gasteiger partial charge in [-0.3, -0.25) is 13.9 Å². The first-order valence-electron chi connectivity index (χ1n) is 12.5. The third-order valence-corrected chi connectivity index (χ3v) is 8.68. The van der Waals surface area contributed by atoms with Crippen molar-refractivity contribution in [3.63, 3.8) is 0 Å². The molecule has 3 aromatic rings. The Labute approximate surface area is 234 Å². The molecule has 0 heterocycles. The Balaban J connectivity index is 2.00. The summed E-state index contributed by atoms with van der Waals surface area (Å²) in [5.74, 6) is -0.777. The number of benzene rings is 3. The fourth-order valence-electron chi connectivity index (χ4n) is 3.79. The van der Waals surface area contributed by atoms with E-state index in [9.17, 15) is 18.0 Å². The fourth-order valence-corrected chi connectivity index (χ4v) is 5.49. The van der Waals surface area contributed by atoms with E-state index >= 15 is 0 Å². The van der Waals surface area contributed by atoms with Crippen LogP contribution in [-0.2, 0) is 26.2 Å². The highest BCUT2D eigenvalue weighted by atomic mass is 79.9. The highest BCUT2D eigenvalue weighted by Gasteiger charge is 2.32. The average Bonchev–Trinajstić information content (AvgIpc) is 2.91. The average molecular weight is 601 g/mol. The molecule has 0 radical (unpaired) electrons. The number of sulfonamides is 1. The number of anilines is 1. The van der Waals surface area contributed by atoms with Crippen LogP contribution in [0.2, 0.25) is 0 Å². The van der Waals surface area contributed by atoms with E-state index in [4.69, 9.17) is 0 Å². The molecule has 0 aromatic heterocycles. The number of nitrogens with one attached hydrogen (secondary N) is 1. The third-order valence-electron chi connectivity index (χ3n) is 6.37. The van der Waals surface area contributed by atoms with Crippen molar-refractivity contribution < 1.29 is 18.0 Å². The largest absolute Gasteiger partial charge is 0.352 e. The van der Waals surface area contributed by atoms with Gasteiger partial charge in [0.1, 0.15) is 12.6 Å². The Morgan fingerprint density at radius 3 is 2.11 bits per heavy atom. The van der Waals surface area contributed by atoms with Gasteiger partial charge in [0.05, 0.1) is 10.6 Å². The number of aryl methyl sites for hydroxylation is 1. The summed E-state index contributed by atoms with van der Waals surface area (Å²) >= 11 is 3.38. The molecule has 1 N–H and O–H groups in total. The van der Waals surface area contributed by atoms with E-state index in [2.05, 4.69) is 21.2 Å². The predicted octanol–water partition coefficient (Wildman–Crippen LogP) is 5.28. The van der Waals surface area contributed by atoms with Crippen LogP contribution in [0.25, 0.3) is 0 Å². The van der Waals surface area contributed by atoms with Crippen LogP contribution in [0.4, 0.5) is 5.69 Å². The molecule has 7 nitrogen and oxygen atoms in total. The Bertz CT molecular complexity index is 1330. The first-order valence-corrected chi connectivity index (χ1v) is 14.7. The highest BCUT2D eigenvalue weighted by molar-refractivity contribution is 9.10. The van der Waals surface area contributed by atoms with Crippen LogP contribution >= 0.6 is 15.9 Å². The topological polar surface area (TPSA) is 86.8 Å². The van der Waals surface area contributed by atoms with E-state index in [1.54, 1.807) is 49.4 Å². The van der Waals surface area contributed by atoms with Crippen molar-refractivity contribution in [2.45, 2.75) is 57.6 Å². The second-order valence-corrected chi connectivity index (χ2v) is 12.1. The molecular weight excluding hydrogens is 566 g/mol. The Hall–Kier alpha value is -3.17. The number of hydrogen-bond donors (Lipinski definition) is 1. The van der Waals surface area contributed by atoms with Gasteiger partial charge in [-0.2, -0.15) is 0 Å². The Morgan fingerprint density at radius 2 is 1.53 bits per heavy atom. The molecule has 2 amide bonds. The summed E-state index contributed by atoms with van der Waals surface area (Å²) in [5.41, 5.74) is 2.26. The van der Waals surface area contributed by atoms with Crippen molar-refractivity contribution in [2.24, 2.45) is 0 Å². The van der Waals surface area contributed by atoms with Crippen molar-refractivity contribution in [2.75, 3.05) is 10.8 Å². The van der Waals surface area contributed by atoms with Gasteiger partial charge in [-0.1, -0.05) is 70.9 Å². The van der Waals surface area contributed by atoms with Crippen molar-refractivity contribution in [3.05, 3.63) is 94.5 Å². The first-order chi connectivity index (χ1) is 18.0. The Kier molecular flexibility index (Phi) is 10.1. The zero-order valence-electron chi connectivity index (χ0n) is 22.1. The normalized spacial score (nSPS) is 12.9. The molecule has 38 heavy (non-hydrogen) atoms. The summed E-state index contributed by atoms with van der Waals surface area (Å²) in [4.78, 5) is 28.5. The summed E-state index contributed by atoms with van der Waals surface area (Å²) in [6, 6.07) is 21.5. The molecule has 9 heteroatoms. The fraction of sp³-hybridized carbons (Fsp3) is 0.310.